The highest BCUT2D eigenvalue weighted by atomic mass is 19.3. The molecule has 6 fully saturated rings. The fourth-order valence-electron chi connectivity index (χ4n) is 13.9. The summed E-state index contributed by atoms with van der Waals surface area (Å²) < 4.78 is 103. The minimum Gasteiger partial charge on any atom is -0.495 e. The Morgan fingerprint density at radius 3 is 1.66 bits per heavy atom. The summed E-state index contributed by atoms with van der Waals surface area (Å²) in [5, 5.41) is 8.69. The molecule has 3 N–H and O–H groups in total. The molecule has 2 aliphatic carbocycles. The average Bonchev–Trinajstić information content (AvgIpc) is 0.797. The highest BCUT2D eigenvalue weighted by molar-refractivity contribution is 6.05. The van der Waals surface area contributed by atoms with Crippen molar-refractivity contribution in [2.45, 2.75) is 122 Å². The van der Waals surface area contributed by atoms with Crippen molar-refractivity contribution < 1.29 is 59.8 Å². The van der Waals surface area contributed by atoms with E-state index in [2.05, 4.69) is 30.9 Å². The molecule has 5 aromatic heterocycles. The van der Waals surface area contributed by atoms with Gasteiger partial charge in [-0.05, 0) is 114 Å². The second-order valence-corrected chi connectivity index (χ2v) is 26.3. The number of ketones is 4. The molecule has 6 aliphatic rings. The van der Waals surface area contributed by atoms with Gasteiger partial charge >= 0.3 is 0 Å². The molecule has 12 rings (SSSR count). The zero-order valence-electron chi connectivity index (χ0n) is 57.0. The van der Waals surface area contributed by atoms with Gasteiger partial charge in [0.2, 0.25) is 5.95 Å². The number of pyridine rings is 5. The Hall–Kier alpha value is -8.86. The molecule has 0 bridgehead atoms. The second-order valence-electron chi connectivity index (χ2n) is 26.3. The maximum absolute atomic E-state index is 15.7. The molecule has 4 unspecified atom stereocenters. The van der Waals surface area contributed by atoms with Crippen LogP contribution in [0.15, 0.2) is 76.8 Å². The Balaban J connectivity index is 0.000000179. The van der Waals surface area contributed by atoms with Crippen molar-refractivity contribution in [3.05, 3.63) is 133 Å². The van der Waals surface area contributed by atoms with Crippen molar-refractivity contribution >= 4 is 52.3 Å². The van der Waals surface area contributed by atoms with Crippen LogP contribution in [-0.2, 0) is 39.8 Å². The summed E-state index contributed by atoms with van der Waals surface area (Å²) in [5.41, 5.74) is 8.37. The molecule has 6 aromatic rings. The van der Waals surface area contributed by atoms with E-state index < -0.39 is 54.3 Å². The molecule has 4 saturated heterocycles. The topological polar surface area (TPSA) is 239 Å². The second kappa shape index (κ2) is 31.1. The summed E-state index contributed by atoms with van der Waals surface area (Å²) in [7, 11) is 6.44. The smallest absolute Gasteiger partial charge is 0.275 e. The van der Waals surface area contributed by atoms with Crippen LogP contribution < -0.4 is 46.3 Å². The molecule has 4 atom stereocenters. The largest absolute Gasteiger partial charge is 0.495 e. The zero-order valence-corrected chi connectivity index (χ0v) is 57.0. The number of carbonyl (C=O) groups excluding carboxylic acids is 5. The van der Waals surface area contributed by atoms with Gasteiger partial charge in [-0.2, -0.15) is 4.39 Å². The maximum atomic E-state index is 15.7. The minimum absolute atomic E-state index is 0.0179. The quantitative estimate of drug-likeness (QED) is 0.0387. The Morgan fingerprint density at radius 1 is 0.616 bits per heavy atom. The first-order valence-corrected chi connectivity index (χ1v) is 33.3. The number of anilines is 4. The van der Waals surface area contributed by atoms with Crippen LogP contribution >= 0.6 is 0 Å². The number of hydrogen-bond acceptors (Lipinski definition) is 20. The lowest BCUT2D eigenvalue weighted by molar-refractivity contribution is -0.131. The van der Waals surface area contributed by atoms with Crippen LogP contribution in [0.2, 0.25) is 0 Å². The zero-order chi connectivity index (χ0) is 71.2. The van der Waals surface area contributed by atoms with E-state index in [1.807, 2.05) is 34.6 Å². The van der Waals surface area contributed by atoms with E-state index in [1.54, 1.807) is 92.9 Å². The molecule has 2 saturated carbocycles. The number of Topliss-reactive ketones (excluding diaryl/α,β-unsaturated/α-hetero) is 4. The number of piperidine rings is 2. The number of halogens is 6. The van der Waals surface area contributed by atoms with E-state index in [9.17, 15) is 46.7 Å². The standard InChI is InChI=1S/C36H43F3N6O4.C20H26F3N5O2.C15H16N2O3/c1-22-23(2)35(48)42(3)19-27(22)24-15-33(49-4)30(40-18-24)20-43-10-9-34(36(38,39)21-43)45-13-11-44(12-14-45)31-8-5-25(16-28(31)37)41-29-7-6-26(46)17-32(29)47;21-19-15(3-4-18(26-19)25-14-2-1-13(29)11-16(14)30)27-7-9-28(10-8-27)17-5-6-24-12-20(17,22)23;1-9-10(2)15(19)17(3)7-12(9)11-5-14(20-4)13(8-18)16-6-11/h5,8,15-16,18-19,29,34,41H,6-7,9-14,17,20-21H2,1-4H3;3-4,14,17,24H,1-2,5-12H2,(H,25,26);5-8H,1-4H3. The summed E-state index contributed by atoms with van der Waals surface area (Å²) >= 11 is 0. The fraction of sp³-hybridized carbons (Fsp3) is 0.493. The normalized spacial score (nSPS) is 21.4. The fourth-order valence-corrected chi connectivity index (χ4v) is 13.9. The van der Waals surface area contributed by atoms with Gasteiger partial charge in [0.25, 0.3) is 23.0 Å². The number of aromatic nitrogens is 5. The van der Waals surface area contributed by atoms with Gasteiger partial charge in [0.15, 0.2) is 17.9 Å². The van der Waals surface area contributed by atoms with Gasteiger partial charge in [0.05, 0.1) is 81.4 Å². The molecule has 0 spiro atoms. The lowest BCUT2D eigenvalue weighted by Crippen LogP contribution is -2.61. The number of nitrogens with zero attached hydrogens (tertiary/aromatic N) is 10. The van der Waals surface area contributed by atoms with Crippen molar-refractivity contribution in [3.63, 3.8) is 0 Å². The third-order valence-electron chi connectivity index (χ3n) is 19.9. The predicted molar refractivity (Wildman–Crippen MR) is 363 cm³/mol. The Bertz CT molecular complexity index is 4140. The monoisotopic (exact) mass is 1380 g/mol. The molecule has 28 heteroatoms. The predicted octanol–water partition coefficient (Wildman–Crippen LogP) is 7.67. The van der Waals surface area contributed by atoms with E-state index in [0.717, 1.165) is 33.4 Å². The maximum Gasteiger partial charge on any atom is 0.275 e. The van der Waals surface area contributed by atoms with Crippen molar-refractivity contribution in [3.8, 4) is 33.8 Å². The number of methoxy groups -OCH3 is 2. The third-order valence-corrected chi connectivity index (χ3v) is 19.9. The molecule has 99 heavy (non-hydrogen) atoms. The highest BCUT2D eigenvalue weighted by Crippen LogP contribution is 2.37. The Morgan fingerprint density at radius 2 is 1.14 bits per heavy atom. The lowest BCUT2D eigenvalue weighted by Gasteiger charge is -2.46. The number of alkyl halides is 4. The van der Waals surface area contributed by atoms with Gasteiger partial charge in [0, 0.05) is 156 Å². The minimum atomic E-state index is -2.96. The van der Waals surface area contributed by atoms with Crippen molar-refractivity contribution in [2.24, 2.45) is 14.1 Å². The first-order valence-electron chi connectivity index (χ1n) is 33.3. The average molecular weight is 1380 g/mol. The summed E-state index contributed by atoms with van der Waals surface area (Å²) in [6.45, 7) is 11.2. The van der Waals surface area contributed by atoms with Crippen molar-refractivity contribution in [2.75, 3.05) is 113 Å². The number of nitrogens with one attached hydrogen (secondary N) is 3. The molecular weight excluding hydrogens is 1290 g/mol. The number of ether oxygens (including phenoxy) is 2. The number of piperazine rings is 2. The van der Waals surface area contributed by atoms with E-state index >= 15 is 13.2 Å². The number of likely N-dealkylation sites (tertiary alicyclic amines) is 1. The van der Waals surface area contributed by atoms with Gasteiger partial charge in [0.1, 0.15) is 40.4 Å². The number of hydrogen-bond donors (Lipinski definition) is 3. The van der Waals surface area contributed by atoms with Crippen molar-refractivity contribution in [1.82, 2.24) is 44.1 Å². The summed E-state index contributed by atoms with van der Waals surface area (Å²) in [4.78, 5) is 104. The Labute approximate surface area is 570 Å². The SMILES string of the molecule is COc1cc(-c2cn(C)c(=O)c(C)c2C)cnc1C=O.COc1cc(-c2cn(C)c(=O)c(C)c2C)cnc1CN1CCC(N2CCN(c3ccc(NC4CCC(=O)CC4=O)cc3F)CC2)C(F)(F)C1.O=C1CCC(Nc2ccc(N3CCN(C4CCNCC4(F)F)CC3)c(F)n2)C(=O)C1. The van der Waals surface area contributed by atoms with Gasteiger partial charge in [-0.25, -0.2) is 31.9 Å². The molecule has 0 radical (unpaired) electrons. The van der Waals surface area contributed by atoms with Crippen LogP contribution in [0.25, 0.3) is 22.3 Å². The molecule has 1 aromatic carbocycles. The van der Waals surface area contributed by atoms with Crippen LogP contribution in [0.1, 0.15) is 89.8 Å². The van der Waals surface area contributed by atoms with Gasteiger partial charge < -0.3 is 44.4 Å². The van der Waals surface area contributed by atoms with E-state index in [1.165, 1.54) is 29.4 Å². The summed E-state index contributed by atoms with van der Waals surface area (Å²) in [6.07, 6.45) is 9.40. The van der Waals surface area contributed by atoms with E-state index in [-0.39, 0.29) is 78.1 Å². The molecule has 22 nitrogen and oxygen atoms in total. The number of benzene rings is 1. The summed E-state index contributed by atoms with van der Waals surface area (Å²) in [6, 6.07) is 8.76. The van der Waals surface area contributed by atoms with Crippen LogP contribution in [0.5, 0.6) is 11.5 Å². The van der Waals surface area contributed by atoms with Crippen LogP contribution in [0, 0.1) is 39.5 Å². The molecule has 9 heterocycles. The van der Waals surface area contributed by atoms with Gasteiger partial charge in [-0.3, -0.25) is 53.2 Å². The highest BCUT2D eigenvalue weighted by Gasteiger charge is 2.49. The lowest BCUT2D eigenvalue weighted by atomic mass is 9.93. The van der Waals surface area contributed by atoms with Gasteiger partial charge in [-0.15, -0.1) is 0 Å². The molecule has 530 valence electrons. The number of aryl methyl sites for hydroxylation is 2. The van der Waals surface area contributed by atoms with E-state index in [0.29, 0.717) is 149 Å². The first kappa shape index (κ1) is 72.9. The number of carbonyl (C=O) groups is 5. The molecule has 4 aliphatic heterocycles. The first-order chi connectivity index (χ1) is 47.2. The van der Waals surface area contributed by atoms with Crippen LogP contribution in [0.4, 0.5) is 49.2 Å². The number of aldehydes is 1. The van der Waals surface area contributed by atoms with Gasteiger partial charge in [-0.1, -0.05) is 0 Å². The van der Waals surface area contributed by atoms with Crippen molar-refractivity contribution in [1.29, 1.82) is 0 Å². The Kier molecular flexibility index (Phi) is 22.9. The van der Waals surface area contributed by atoms with Crippen LogP contribution in [-0.4, -0.2) is 197 Å². The molecular formula is C71H85F6N13O9. The number of rotatable bonds is 15. The van der Waals surface area contributed by atoms with E-state index in [4.69, 9.17) is 9.47 Å². The van der Waals surface area contributed by atoms with Crippen LogP contribution in [0.3, 0.4) is 0 Å². The third kappa shape index (κ3) is 16.7. The summed E-state index contributed by atoms with van der Waals surface area (Å²) in [5.74, 6) is -6.21. The molecule has 0 amide bonds.